The van der Waals surface area contributed by atoms with E-state index in [1.165, 1.54) is 0 Å². The monoisotopic (exact) mass is 270 g/mol. The normalized spacial score (nSPS) is 15.3. The maximum Gasteiger partial charge on any atom is 0.303 e. The lowest BCUT2D eigenvalue weighted by atomic mass is 10.2. The Kier molecular flexibility index (Phi) is 3.00. The Balaban J connectivity index is 2.13. The van der Waals surface area contributed by atoms with Crippen molar-refractivity contribution in [3.05, 3.63) is 22.2 Å². The van der Waals surface area contributed by atoms with E-state index in [0.29, 0.717) is 12.3 Å². The standard InChI is InChI=1S/C10H11BrN2O2/c11-7-5-12-10(6-1-2-6)13-8(7)3-4-9(14)15/h5-6H,1-4H2,(H,14,15). The smallest absolute Gasteiger partial charge is 0.303 e. The predicted molar refractivity (Wildman–Crippen MR) is 57.7 cm³/mol. The summed E-state index contributed by atoms with van der Waals surface area (Å²) in [5, 5.41) is 8.60. The molecule has 1 saturated carbocycles. The molecule has 1 N–H and O–H groups in total. The lowest BCUT2D eigenvalue weighted by Crippen LogP contribution is -2.03. The molecule has 1 aliphatic carbocycles. The first-order valence-electron chi connectivity index (χ1n) is 4.90. The zero-order chi connectivity index (χ0) is 10.8. The van der Waals surface area contributed by atoms with E-state index in [2.05, 4.69) is 25.9 Å². The first kappa shape index (κ1) is 10.5. The van der Waals surface area contributed by atoms with Gasteiger partial charge in [0.1, 0.15) is 5.82 Å². The van der Waals surface area contributed by atoms with Gasteiger partial charge >= 0.3 is 5.97 Å². The van der Waals surface area contributed by atoms with E-state index in [0.717, 1.165) is 28.8 Å². The fraction of sp³-hybridized carbons (Fsp3) is 0.500. The van der Waals surface area contributed by atoms with E-state index >= 15 is 0 Å². The Bertz CT molecular complexity index is 391. The Morgan fingerprint density at radius 1 is 1.60 bits per heavy atom. The number of hydrogen-bond donors (Lipinski definition) is 1. The van der Waals surface area contributed by atoms with E-state index in [9.17, 15) is 4.79 Å². The fourth-order valence-electron chi connectivity index (χ4n) is 1.36. The fourth-order valence-corrected chi connectivity index (χ4v) is 1.75. The Hall–Kier alpha value is -0.970. The molecule has 0 aromatic carbocycles. The van der Waals surface area contributed by atoms with Crippen molar-refractivity contribution < 1.29 is 9.90 Å². The molecular formula is C10H11BrN2O2. The first-order valence-corrected chi connectivity index (χ1v) is 5.69. The largest absolute Gasteiger partial charge is 0.481 e. The van der Waals surface area contributed by atoms with Crippen LogP contribution in [-0.4, -0.2) is 21.0 Å². The highest BCUT2D eigenvalue weighted by molar-refractivity contribution is 9.10. The molecule has 1 aromatic rings. The van der Waals surface area contributed by atoms with Crippen LogP contribution in [-0.2, 0) is 11.2 Å². The van der Waals surface area contributed by atoms with Gasteiger partial charge in [-0.2, -0.15) is 0 Å². The summed E-state index contributed by atoms with van der Waals surface area (Å²) in [5.41, 5.74) is 0.800. The summed E-state index contributed by atoms with van der Waals surface area (Å²) in [6, 6.07) is 0. The van der Waals surface area contributed by atoms with Crippen LogP contribution in [0.5, 0.6) is 0 Å². The van der Waals surface area contributed by atoms with Crippen molar-refractivity contribution in [2.75, 3.05) is 0 Å². The molecule has 80 valence electrons. The highest BCUT2D eigenvalue weighted by Gasteiger charge is 2.26. The van der Waals surface area contributed by atoms with Crippen LogP contribution in [0.4, 0.5) is 0 Å². The summed E-state index contributed by atoms with van der Waals surface area (Å²) in [6.07, 6.45) is 4.59. The van der Waals surface area contributed by atoms with Gasteiger partial charge in [0.05, 0.1) is 16.6 Å². The van der Waals surface area contributed by atoms with Crippen LogP contribution in [0.3, 0.4) is 0 Å². The number of nitrogens with zero attached hydrogens (tertiary/aromatic N) is 2. The van der Waals surface area contributed by atoms with Gasteiger partial charge in [-0.1, -0.05) is 0 Å². The second-order valence-electron chi connectivity index (χ2n) is 3.69. The maximum absolute atomic E-state index is 10.5. The number of carboxylic acid groups (broad SMARTS) is 1. The van der Waals surface area contributed by atoms with E-state index in [4.69, 9.17) is 5.11 Å². The third-order valence-corrected chi connectivity index (χ3v) is 3.02. The second-order valence-corrected chi connectivity index (χ2v) is 4.55. The van der Waals surface area contributed by atoms with Crippen molar-refractivity contribution in [1.82, 2.24) is 9.97 Å². The van der Waals surface area contributed by atoms with Crippen molar-refractivity contribution >= 4 is 21.9 Å². The quantitative estimate of drug-likeness (QED) is 0.911. The van der Waals surface area contributed by atoms with Crippen LogP contribution in [0, 0.1) is 0 Å². The number of aromatic nitrogens is 2. The molecule has 0 unspecified atom stereocenters. The van der Waals surface area contributed by atoms with Crippen molar-refractivity contribution in [1.29, 1.82) is 0 Å². The average molecular weight is 271 g/mol. The van der Waals surface area contributed by atoms with E-state index < -0.39 is 5.97 Å². The summed E-state index contributed by atoms with van der Waals surface area (Å²) >= 11 is 3.33. The van der Waals surface area contributed by atoms with Crippen LogP contribution in [0.15, 0.2) is 10.7 Å². The molecule has 0 spiro atoms. The first-order chi connectivity index (χ1) is 7.16. The molecule has 0 bridgehead atoms. The minimum absolute atomic E-state index is 0.111. The van der Waals surface area contributed by atoms with Gasteiger partial charge in [-0.15, -0.1) is 0 Å². The molecule has 0 saturated heterocycles. The molecule has 1 fully saturated rings. The average Bonchev–Trinajstić information content (AvgIpc) is 3.00. The molecular weight excluding hydrogens is 260 g/mol. The summed E-state index contributed by atoms with van der Waals surface area (Å²) in [6.45, 7) is 0. The van der Waals surface area contributed by atoms with E-state index in [1.54, 1.807) is 6.20 Å². The number of aliphatic carboxylic acids is 1. The van der Waals surface area contributed by atoms with Gasteiger partial charge in [0.15, 0.2) is 0 Å². The lowest BCUT2D eigenvalue weighted by Gasteiger charge is -2.03. The molecule has 2 rings (SSSR count). The highest BCUT2D eigenvalue weighted by Crippen LogP contribution is 2.38. The van der Waals surface area contributed by atoms with Gasteiger partial charge in [-0.05, 0) is 28.8 Å². The Morgan fingerprint density at radius 3 is 2.93 bits per heavy atom. The van der Waals surface area contributed by atoms with Crippen LogP contribution in [0.2, 0.25) is 0 Å². The summed E-state index contributed by atoms with van der Waals surface area (Å²) in [7, 11) is 0. The third-order valence-electron chi connectivity index (χ3n) is 2.35. The van der Waals surface area contributed by atoms with Crippen LogP contribution in [0.25, 0.3) is 0 Å². The van der Waals surface area contributed by atoms with E-state index in [1.807, 2.05) is 0 Å². The highest BCUT2D eigenvalue weighted by atomic mass is 79.9. The number of carbonyl (C=O) groups is 1. The molecule has 1 aliphatic rings. The molecule has 4 nitrogen and oxygen atoms in total. The molecule has 0 radical (unpaired) electrons. The zero-order valence-electron chi connectivity index (χ0n) is 8.11. The van der Waals surface area contributed by atoms with Crippen molar-refractivity contribution in [3.63, 3.8) is 0 Å². The van der Waals surface area contributed by atoms with Crippen molar-refractivity contribution in [3.8, 4) is 0 Å². The lowest BCUT2D eigenvalue weighted by molar-refractivity contribution is -0.136. The van der Waals surface area contributed by atoms with Gasteiger partial charge in [-0.3, -0.25) is 4.79 Å². The van der Waals surface area contributed by atoms with Gasteiger partial charge < -0.3 is 5.11 Å². The van der Waals surface area contributed by atoms with Gasteiger partial charge in [0.25, 0.3) is 0 Å². The zero-order valence-corrected chi connectivity index (χ0v) is 9.70. The Labute approximate surface area is 95.9 Å². The van der Waals surface area contributed by atoms with Crippen LogP contribution < -0.4 is 0 Å². The molecule has 0 atom stereocenters. The summed E-state index contributed by atoms with van der Waals surface area (Å²) in [4.78, 5) is 19.1. The van der Waals surface area contributed by atoms with Crippen molar-refractivity contribution in [2.45, 2.75) is 31.6 Å². The third kappa shape index (κ3) is 2.75. The molecule has 0 amide bonds. The number of carboxylic acids is 1. The van der Waals surface area contributed by atoms with Crippen LogP contribution in [0.1, 0.15) is 36.7 Å². The second kappa shape index (κ2) is 4.26. The minimum atomic E-state index is -0.798. The minimum Gasteiger partial charge on any atom is -0.481 e. The van der Waals surface area contributed by atoms with Gasteiger partial charge in [0, 0.05) is 18.5 Å². The molecule has 1 heterocycles. The molecule has 1 aromatic heterocycles. The predicted octanol–water partition coefficient (Wildman–Crippen LogP) is 2.13. The van der Waals surface area contributed by atoms with Gasteiger partial charge in [0.2, 0.25) is 0 Å². The topological polar surface area (TPSA) is 63.1 Å². The van der Waals surface area contributed by atoms with E-state index in [-0.39, 0.29) is 6.42 Å². The van der Waals surface area contributed by atoms with Crippen LogP contribution >= 0.6 is 15.9 Å². The molecule has 5 heteroatoms. The molecule has 0 aliphatic heterocycles. The van der Waals surface area contributed by atoms with Crippen molar-refractivity contribution in [2.24, 2.45) is 0 Å². The van der Waals surface area contributed by atoms with Gasteiger partial charge in [-0.25, -0.2) is 9.97 Å². The maximum atomic E-state index is 10.5. The number of hydrogen-bond acceptors (Lipinski definition) is 3. The Morgan fingerprint density at radius 2 is 2.33 bits per heavy atom. The molecule has 15 heavy (non-hydrogen) atoms. The number of aryl methyl sites for hydroxylation is 1. The summed E-state index contributed by atoms with van der Waals surface area (Å²) in [5.74, 6) is 0.564. The number of halogens is 1. The summed E-state index contributed by atoms with van der Waals surface area (Å²) < 4.78 is 0.799. The number of rotatable bonds is 4. The SMILES string of the molecule is O=C(O)CCc1nc(C2CC2)ncc1Br.